The van der Waals surface area contributed by atoms with E-state index in [0.29, 0.717) is 10.7 Å². The number of aliphatic imine (C=N–C) groups is 1. The first kappa shape index (κ1) is 15.2. The number of halogens is 2. The number of hydrogen-bond donors (Lipinski definition) is 1. The third-order valence-corrected chi connectivity index (χ3v) is 3.47. The summed E-state index contributed by atoms with van der Waals surface area (Å²) in [6.07, 6.45) is 1.35. The Balaban J connectivity index is 1.94. The molecule has 0 saturated carbocycles. The van der Waals surface area contributed by atoms with Crippen molar-refractivity contribution >= 4 is 23.5 Å². The molecule has 0 atom stereocenters. The molecule has 3 rings (SSSR count). The van der Waals surface area contributed by atoms with Gasteiger partial charge in [-0.3, -0.25) is 4.99 Å². The molecule has 0 aliphatic carbocycles. The zero-order valence-corrected chi connectivity index (χ0v) is 12.9. The lowest BCUT2D eigenvalue weighted by Gasteiger charge is -1.99. The molecule has 3 aromatic rings. The van der Waals surface area contributed by atoms with Crippen LogP contribution in [0.2, 0.25) is 5.02 Å². The van der Waals surface area contributed by atoms with Gasteiger partial charge in [0.25, 0.3) is 0 Å². The molecule has 0 aliphatic heterocycles. The minimum Gasteiger partial charge on any atom is -0.479 e. The Morgan fingerprint density at radius 1 is 1.26 bits per heavy atom. The minimum atomic E-state index is -0.483. The summed E-state index contributed by atoms with van der Waals surface area (Å²) >= 11 is 5.93. The second-order valence-corrected chi connectivity index (χ2v) is 5.31. The maximum Gasteiger partial charge on any atom is 0.312 e. The number of nitrogens with zero attached hydrogens (tertiary/aromatic N) is 2. The molecule has 0 bridgehead atoms. The molecular weight excluding hydrogens is 319 g/mol. The molecule has 0 spiro atoms. The topological polar surface area (TPSA) is 58.6 Å². The van der Waals surface area contributed by atoms with Crippen molar-refractivity contribution in [3.63, 3.8) is 0 Å². The van der Waals surface area contributed by atoms with Crippen molar-refractivity contribution in [2.24, 2.45) is 4.99 Å². The van der Waals surface area contributed by atoms with Gasteiger partial charge in [-0.1, -0.05) is 29.8 Å². The Morgan fingerprint density at radius 3 is 2.83 bits per heavy atom. The van der Waals surface area contributed by atoms with Gasteiger partial charge in [0.15, 0.2) is 5.69 Å². The van der Waals surface area contributed by atoms with Crippen molar-refractivity contribution in [2.45, 2.75) is 6.92 Å². The van der Waals surface area contributed by atoms with E-state index < -0.39 is 11.8 Å². The van der Waals surface area contributed by atoms with E-state index in [0.717, 1.165) is 5.56 Å². The van der Waals surface area contributed by atoms with Crippen LogP contribution in [0.15, 0.2) is 51.9 Å². The van der Waals surface area contributed by atoms with Gasteiger partial charge in [0.1, 0.15) is 5.82 Å². The summed E-state index contributed by atoms with van der Waals surface area (Å²) in [6.45, 7) is 1.89. The fourth-order valence-electron chi connectivity index (χ4n) is 2.01. The normalized spacial score (nSPS) is 11.3. The van der Waals surface area contributed by atoms with Crippen molar-refractivity contribution in [1.82, 2.24) is 4.98 Å². The molecule has 0 unspecified atom stereocenters. The van der Waals surface area contributed by atoms with Crippen molar-refractivity contribution in [1.29, 1.82) is 0 Å². The minimum absolute atomic E-state index is 0.00938. The quantitative estimate of drug-likeness (QED) is 0.695. The van der Waals surface area contributed by atoms with Crippen molar-refractivity contribution < 1.29 is 13.9 Å². The molecule has 0 aliphatic rings. The molecule has 0 radical (unpaired) electrons. The van der Waals surface area contributed by atoms with E-state index >= 15 is 0 Å². The zero-order valence-electron chi connectivity index (χ0n) is 12.1. The number of hydrogen-bond acceptors (Lipinski definition) is 4. The van der Waals surface area contributed by atoms with Gasteiger partial charge >= 0.3 is 5.95 Å². The van der Waals surface area contributed by atoms with Crippen molar-refractivity contribution in [3.8, 4) is 17.4 Å². The van der Waals surface area contributed by atoms with E-state index in [2.05, 4.69) is 9.98 Å². The zero-order chi connectivity index (χ0) is 16.4. The SMILES string of the molecule is Cc1ccc(Cl)cc1N=Cc1nc(-c2ccccc2F)oc1O. The van der Waals surface area contributed by atoms with Crippen LogP contribution in [0.3, 0.4) is 0 Å². The highest BCUT2D eigenvalue weighted by Gasteiger charge is 2.15. The van der Waals surface area contributed by atoms with Gasteiger partial charge in [-0.25, -0.2) is 9.37 Å². The van der Waals surface area contributed by atoms with Crippen LogP contribution in [0, 0.1) is 12.7 Å². The number of aromatic hydroxyl groups is 1. The Morgan fingerprint density at radius 2 is 2.04 bits per heavy atom. The fraction of sp³-hybridized carbons (Fsp3) is 0.0588. The Labute approximate surface area is 136 Å². The van der Waals surface area contributed by atoms with Crippen molar-refractivity contribution in [3.05, 3.63) is 64.6 Å². The summed E-state index contributed by atoms with van der Waals surface area (Å²) in [4.78, 5) is 8.31. The van der Waals surface area contributed by atoms with Crippen LogP contribution in [-0.2, 0) is 0 Å². The summed E-state index contributed by atoms with van der Waals surface area (Å²) in [5.41, 5.74) is 1.85. The molecule has 2 aromatic carbocycles. The number of rotatable bonds is 3. The van der Waals surface area contributed by atoms with Gasteiger partial charge in [0, 0.05) is 5.02 Å². The van der Waals surface area contributed by atoms with E-state index in [4.69, 9.17) is 16.0 Å². The molecule has 1 aromatic heterocycles. The predicted molar refractivity (Wildman–Crippen MR) is 87.0 cm³/mol. The summed E-state index contributed by atoms with van der Waals surface area (Å²) < 4.78 is 18.8. The number of aromatic nitrogens is 1. The maximum absolute atomic E-state index is 13.7. The number of benzene rings is 2. The van der Waals surface area contributed by atoms with E-state index in [9.17, 15) is 9.50 Å². The average molecular weight is 331 g/mol. The smallest absolute Gasteiger partial charge is 0.312 e. The maximum atomic E-state index is 13.7. The van der Waals surface area contributed by atoms with Crippen LogP contribution in [-0.4, -0.2) is 16.3 Å². The molecule has 6 heteroatoms. The lowest BCUT2D eigenvalue weighted by molar-refractivity contribution is 0.336. The number of oxazole rings is 1. The lowest BCUT2D eigenvalue weighted by atomic mass is 10.2. The first-order valence-corrected chi connectivity index (χ1v) is 7.17. The Bertz CT molecular complexity index is 890. The van der Waals surface area contributed by atoms with Crippen molar-refractivity contribution in [2.75, 3.05) is 0 Å². The lowest BCUT2D eigenvalue weighted by Crippen LogP contribution is -1.86. The van der Waals surface area contributed by atoms with Gasteiger partial charge < -0.3 is 9.52 Å². The van der Waals surface area contributed by atoms with Crippen LogP contribution in [0.5, 0.6) is 5.95 Å². The first-order valence-electron chi connectivity index (χ1n) is 6.79. The third-order valence-electron chi connectivity index (χ3n) is 3.24. The van der Waals surface area contributed by atoms with E-state index in [1.165, 1.54) is 18.3 Å². The van der Waals surface area contributed by atoms with E-state index in [-0.39, 0.29) is 17.1 Å². The third kappa shape index (κ3) is 3.24. The number of aryl methyl sites for hydroxylation is 1. The highest BCUT2D eigenvalue weighted by atomic mass is 35.5. The largest absolute Gasteiger partial charge is 0.479 e. The van der Waals surface area contributed by atoms with Crippen LogP contribution >= 0.6 is 11.6 Å². The summed E-state index contributed by atoms with van der Waals surface area (Å²) in [5, 5.41) is 10.4. The van der Waals surface area contributed by atoms with Gasteiger partial charge in [0.05, 0.1) is 17.5 Å². The molecule has 0 amide bonds. The monoisotopic (exact) mass is 330 g/mol. The molecule has 1 N–H and O–H groups in total. The van der Waals surface area contributed by atoms with Gasteiger partial charge in [0.2, 0.25) is 5.89 Å². The highest BCUT2D eigenvalue weighted by Crippen LogP contribution is 2.28. The average Bonchev–Trinajstić information content (AvgIpc) is 2.89. The molecule has 0 saturated heterocycles. The Kier molecular flexibility index (Phi) is 4.12. The van der Waals surface area contributed by atoms with Crippen LogP contribution < -0.4 is 0 Å². The van der Waals surface area contributed by atoms with Gasteiger partial charge in [-0.15, -0.1) is 0 Å². The summed E-state index contributed by atoms with van der Waals surface area (Å²) in [5.74, 6) is -0.917. The van der Waals surface area contributed by atoms with Gasteiger partial charge in [-0.2, -0.15) is 0 Å². The molecule has 0 fully saturated rings. The first-order chi connectivity index (χ1) is 11.0. The van der Waals surface area contributed by atoms with Gasteiger partial charge in [-0.05, 0) is 36.8 Å². The standard InChI is InChI=1S/C17H12ClFN2O2/c1-10-6-7-11(18)8-14(10)20-9-15-17(22)23-16(21-15)12-4-2-3-5-13(12)19/h2-9,22H,1H3. The molecule has 23 heavy (non-hydrogen) atoms. The molecular formula is C17H12ClFN2O2. The van der Waals surface area contributed by atoms with Crippen LogP contribution in [0.4, 0.5) is 10.1 Å². The molecule has 1 heterocycles. The second-order valence-electron chi connectivity index (χ2n) is 4.88. The van der Waals surface area contributed by atoms with Crippen LogP contribution in [0.1, 0.15) is 11.3 Å². The van der Waals surface area contributed by atoms with Crippen LogP contribution in [0.25, 0.3) is 11.5 Å². The summed E-state index contributed by atoms with van der Waals surface area (Å²) in [6, 6.07) is 11.3. The highest BCUT2D eigenvalue weighted by molar-refractivity contribution is 6.30. The summed E-state index contributed by atoms with van der Waals surface area (Å²) in [7, 11) is 0. The predicted octanol–water partition coefficient (Wildman–Crippen LogP) is 4.90. The van der Waals surface area contributed by atoms with E-state index in [1.807, 2.05) is 13.0 Å². The van der Waals surface area contributed by atoms with E-state index in [1.54, 1.807) is 24.3 Å². The molecule has 116 valence electrons. The Hall–Kier alpha value is -2.66. The molecule has 4 nitrogen and oxygen atoms in total. The fourth-order valence-corrected chi connectivity index (χ4v) is 2.18. The second kappa shape index (κ2) is 6.22.